The fourth-order valence-electron chi connectivity index (χ4n) is 3.48. The van der Waals surface area contributed by atoms with Gasteiger partial charge < -0.3 is 24.3 Å². The Labute approximate surface area is 161 Å². The SMILES string of the molecule is CCNC(=NCCN1CCOCC1C)N1CCN(C(=O)c2ccco2)CC1. The normalized spacial score (nSPS) is 22.1. The van der Waals surface area contributed by atoms with Crippen molar-refractivity contribution in [1.29, 1.82) is 0 Å². The highest BCUT2D eigenvalue weighted by Gasteiger charge is 2.25. The van der Waals surface area contributed by atoms with Crippen molar-refractivity contribution in [2.45, 2.75) is 19.9 Å². The van der Waals surface area contributed by atoms with Gasteiger partial charge in [0.15, 0.2) is 11.7 Å². The van der Waals surface area contributed by atoms with Gasteiger partial charge in [-0.3, -0.25) is 14.7 Å². The molecule has 3 heterocycles. The van der Waals surface area contributed by atoms with Crippen LogP contribution in [-0.2, 0) is 4.74 Å². The van der Waals surface area contributed by atoms with E-state index in [0.717, 1.165) is 58.4 Å². The highest BCUT2D eigenvalue weighted by molar-refractivity contribution is 5.91. The van der Waals surface area contributed by atoms with E-state index in [2.05, 4.69) is 29.0 Å². The highest BCUT2D eigenvalue weighted by atomic mass is 16.5. The molecule has 1 atom stereocenters. The van der Waals surface area contributed by atoms with Gasteiger partial charge in [0.2, 0.25) is 0 Å². The number of nitrogens with zero attached hydrogens (tertiary/aromatic N) is 4. The van der Waals surface area contributed by atoms with Crippen LogP contribution in [0.15, 0.2) is 27.8 Å². The molecule has 2 saturated heterocycles. The molecule has 0 radical (unpaired) electrons. The summed E-state index contributed by atoms with van der Waals surface area (Å²) >= 11 is 0. The Balaban J connectivity index is 1.50. The molecular weight excluding hydrogens is 346 g/mol. The molecule has 2 fully saturated rings. The van der Waals surface area contributed by atoms with Crippen LogP contribution in [0.25, 0.3) is 0 Å². The Morgan fingerprint density at radius 3 is 2.70 bits per heavy atom. The number of hydrogen-bond donors (Lipinski definition) is 1. The van der Waals surface area contributed by atoms with Crippen LogP contribution in [0.4, 0.5) is 0 Å². The molecule has 0 saturated carbocycles. The number of guanidine groups is 1. The summed E-state index contributed by atoms with van der Waals surface area (Å²) in [6.45, 7) is 12.3. The predicted octanol–water partition coefficient (Wildman–Crippen LogP) is 0.724. The van der Waals surface area contributed by atoms with Crippen molar-refractivity contribution in [1.82, 2.24) is 20.0 Å². The molecule has 2 aliphatic rings. The van der Waals surface area contributed by atoms with E-state index in [0.29, 0.717) is 24.9 Å². The maximum absolute atomic E-state index is 12.4. The van der Waals surface area contributed by atoms with Crippen LogP contribution in [0.3, 0.4) is 0 Å². The zero-order valence-corrected chi connectivity index (χ0v) is 16.4. The molecule has 3 rings (SSSR count). The quantitative estimate of drug-likeness (QED) is 0.602. The molecule has 150 valence electrons. The topological polar surface area (TPSA) is 73.6 Å². The fourth-order valence-corrected chi connectivity index (χ4v) is 3.48. The van der Waals surface area contributed by atoms with E-state index in [-0.39, 0.29) is 5.91 Å². The molecule has 1 aromatic rings. The molecule has 2 aliphatic heterocycles. The summed E-state index contributed by atoms with van der Waals surface area (Å²) in [5, 5.41) is 3.38. The summed E-state index contributed by atoms with van der Waals surface area (Å²) < 4.78 is 10.7. The van der Waals surface area contributed by atoms with Gasteiger partial charge in [-0.1, -0.05) is 0 Å². The summed E-state index contributed by atoms with van der Waals surface area (Å²) in [7, 11) is 0. The van der Waals surface area contributed by atoms with Crippen molar-refractivity contribution in [3.63, 3.8) is 0 Å². The molecule has 27 heavy (non-hydrogen) atoms. The van der Waals surface area contributed by atoms with Gasteiger partial charge in [0.1, 0.15) is 0 Å². The molecular formula is C19H31N5O3. The molecule has 0 bridgehead atoms. The fraction of sp³-hybridized carbons (Fsp3) is 0.684. The molecule has 0 aromatic carbocycles. The van der Waals surface area contributed by atoms with Crippen LogP contribution in [-0.4, -0.2) is 98.2 Å². The van der Waals surface area contributed by atoms with Gasteiger partial charge in [-0.05, 0) is 26.0 Å². The Morgan fingerprint density at radius 1 is 1.26 bits per heavy atom. The Hall–Kier alpha value is -2.06. The largest absolute Gasteiger partial charge is 0.459 e. The number of morpholine rings is 1. The number of aliphatic imine (C=N–C) groups is 1. The Bertz CT molecular complexity index is 611. The average Bonchev–Trinajstić information content (AvgIpc) is 3.23. The first-order valence-corrected chi connectivity index (χ1v) is 9.87. The van der Waals surface area contributed by atoms with E-state index in [1.807, 2.05) is 4.90 Å². The van der Waals surface area contributed by atoms with Crippen LogP contribution in [0.5, 0.6) is 0 Å². The lowest BCUT2D eigenvalue weighted by atomic mass is 10.2. The first kappa shape index (κ1) is 19.7. The molecule has 1 amide bonds. The van der Waals surface area contributed by atoms with Crippen molar-refractivity contribution in [2.24, 2.45) is 4.99 Å². The van der Waals surface area contributed by atoms with Crippen molar-refractivity contribution in [3.8, 4) is 0 Å². The lowest BCUT2D eigenvalue weighted by Crippen LogP contribution is -2.54. The molecule has 0 aliphatic carbocycles. The second-order valence-electron chi connectivity index (χ2n) is 6.95. The highest BCUT2D eigenvalue weighted by Crippen LogP contribution is 2.10. The molecule has 8 heteroatoms. The number of rotatable bonds is 5. The summed E-state index contributed by atoms with van der Waals surface area (Å²) in [5.74, 6) is 1.30. The smallest absolute Gasteiger partial charge is 0.289 e. The number of piperazine rings is 1. The minimum Gasteiger partial charge on any atom is -0.459 e. The maximum atomic E-state index is 12.4. The Morgan fingerprint density at radius 2 is 2.04 bits per heavy atom. The number of nitrogens with one attached hydrogen (secondary N) is 1. The third-order valence-electron chi connectivity index (χ3n) is 5.09. The molecule has 1 aromatic heterocycles. The number of carbonyl (C=O) groups is 1. The molecule has 1 N–H and O–H groups in total. The van der Waals surface area contributed by atoms with E-state index >= 15 is 0 Å². The standard InChI is InChI=1S/C19H31N5O3/c1-3-20-19(21-6-7-22-12-14-26-15-16(22)2)24-10-8-23(9-11-24)18(25)17-5-4-13-27-17/h4-5,13,16H,3,6-12,14-15H2,1-2H3,(H,20,21). The van der Waals surface area contributed by atoms with E-state index in [1.54, 1.807) is 12.1 Å². The number of furan rings is 1. The third-order valence-corrected chi connectivity index (χ3v) is 5.09. The zero-order chi connectivity index (χ0) is 19.1. The van der Waals surface area contributed by atoms with Gasteiger partial charge in [0, 0.05) is 51.9 Å². The van der Waals surface area contributed by atoms with E-state index in [9.17, 15) is 4.79 Å². The molecule has 0 spiro atoms. The van der Waals surface area contributed by atoms with E-state index in [4.69, 9.17) is 14.1 Å². The van der Waals surface area contributed by atoms with Gasteiger partial charge >= 0.3 is 0 Å². The van der Waals surface area contributed by atoms with Crippen molar-refractivity contribution < 1.29 is 13.9 Å². The van der Waals surface area contributed by atoms with E-state index < -0.39 is 0 Å². The summed E-state index contributed by atoms with van der Waals surface area (Å²) in [5.41, 5.74) is 0. The summed E-state index contributed by atoms with van der Waals surface area (Å²) in [4.78, 5) is 23.7. The summed E-state index contributed by atoms with van der Waals surface area (Å²) in [6, 6.07) is 3.91. The minimum atomic E-state index is -0.0390. The van der Waals surface area contributed by atoms with Crippen molar-refractivity contribution in [2.75, 3.05) is 65.6 Å². The van der Waals surface area contributed by atoms with Crippen LogP contribution >= 0.6 is 0 Å². The van der Waals surface area contributed by atoms with Gasteiger partial charge in [0.05, 0.1) is 26.0 Å². The first-order chi connectivity index (χ1) is 13.2. The van der Waals surface area contributed by atoms with Gasteiger partial charge in [-0.15, -0.1) is 0 Å². The number of amides is 1. The summed E-state index contributed by atoms with van der Waals surface area (Å²) in [6.07, 6.45) is 1.54. The zero-order valence-electron chi connectivity index (χ0n) is 16.4. The number of hydrogen-bond acceptors (Lipinski definition) is 5. The Kier molecular flexibility index (Phi) is 7.11. The monoisotopic (exact) mass is 377 g/mol. The molecule has 1 unspecified atom stereocenters. The van der Waals surface area contributed by atoms with Crippen LogP contribution in [0.1, 0.15) is 24.4 Å². The third kappa shape index (κ3) is 5.23. The number of carbonyl (C=O) groups excluding carboxylic acids is 1. The van der Waals surface area contributed by atoms with Crippen LogP contribution in [0.2, 0.25) is 0 Å². The lowest BCUT2D eigenvalue weighted by Gasteiger charge is -2.36. The van der Waals surface area contributed by atoms with Gasteiger partial charge in [-0.25, -0.2) is 0 Å². The van der Waals surface area contributed by atoms with Crippen molar-refractivity contribution in [3.05, 3.63) is 24.2 Å². The van der Waals surface area contributed by atoms with Gasteiger partial charge in [-0.2, -0.15) is 0 Å². The van der Waals surface area contributed by atoms with Crippen LogP contribution in [0, 0.1) is 0 Å². The van der Waals surface area contributed by atoms with Crippen LogP contribution < -0.4 is 5.32 Å². The first-order valence-electron chi connectivity index (χ1n) is 9.87. The molecule has 8 nitrogen and oxygen atoms in total. The van der Waals surface area contributed by atoms with E-state index in [1.165, 1.54) is 6.26 Å². The maximum Gasteiger partial charge on any atom is 0.289 e. The minimum absolute atomic E-state index is 0.0390. The van der Waals surface area contributed by atoms with Gasteiger partial charge in [0.25, 0.3) is 5.91 Å². The predicted molar refractivity (Wildman–Crippen MR) is 104 cm³/mol. The second kappa shape index (κ2) is 9.75. The second-order valence-corrected chi connectivity index (χ2v) is 6.95. The lowest BCUT2D eigenvalue weighted by molar-refractivity contribution is 0.00138. The average molecular weight is 377 g/mol. The number of ether oxygens (including phenoxy) is 1. The van der Waals surface area contributed by atoms with Crippen molar-refractivity contribution >= 4 is 11.9 Å².